The van der Waals surface area contributed by atoms with E-state index in [4.69, 9.17) is 15.3 Å². The molecule has 0 saturated heterocycles. The van der Waals surface area contributed by atoms with E-state index in [-0.39, 0.29) is 0 Å². The molecule has 3 heteroatoms. The fourth-order valence-corrected chi connectivity index (χ4v) is 1.69. The summed E-state index contributed by atoms with van der Waals surface area (Å²) in [5, 5.41) is 17.7. The average molecular weight is 234 g/mol. The maximum Gasteiger partial charge on any atom is 0.120 e. The average Bonchev–Trinajstić information content (AvgIpc) is 2.46. The minimum absolute atomic E-state index is 0.550. The third-order valence-corrected chi connectivity index (χ3v) is 2.62. The molecule has 0 fully saturated rings. The lowest BCUT2D eigenvalue weighted by Gasteiger charge is -2.06. The Morgan fingerprint density at radius 2 is 1.50 bits per heavy atom. The van der Waals surface area contributed by atoms with Crippen molar-refractivity contribution >= 4 is 0 Å². The van der Waals surface area contributed by atoms with Crippen LogP contribution < -0.4 is 4.74 Å². The number of rotatable bonds is 2. The first kappa shape index (κ1) is 11.7. The van der Waals surface area contributed by atoms with E-state index in [2.05, 4.69) is 12.1 Å². The van der Waals surface area contributed by atoms with Gasteiger partial charge in [0.05, 0.1) is 30.4 Å². The Morgan fingerprint density at radius 1 is 0.833 bits per heavy atom. The molecule has 86 valence electrons. The van der Waals surface area contributed by atoms with Gasteiger partial charge in [0.25, 0.3) is 0 Å². The van der Waals surface area contributed by atoms with Gasteiger partial charge in [-0.05, 0) is 41.5 Å². The normalized spacial score (nSPS) is 9.28. The van der Waals surface area contributed by atoms with Crippen LogP contribution in [0.2, 0.25) is 0 Å². The SMILES string of the molecule is COc1cc(C#N)cc(-c2ccc(C#N)cc2)c1. The molecule has 0 aliphatic heterocycles. The van der Waals surface area contributed by atoms with Crippen molar-refractivity contribution in [1.82, 2.24) is 0 Å². The molecule has 0 aliphatic rings. The van der Waals surface area contributed by atoms with Gasteiger partial charge in [0, 0.05) is 0 Å². The number of methoxy groups -OCH3 is 1. The van der Waals surface area contributed by atoms with E-state index in [9.17, 15) is 0 Å². The molecule has 3 nitrogen and oxygen atoms in total. The fraction of sp³-hybridized carbons (Fsp3) is 0.0667. The van der Waals surface area contributed by atoms with Crippen LogP contribution in [-0.2, 0) is 0 Å². The van der Waals surface area contributed by atoms with Crippen molar-refractivity contribution in [2.24, 2.45) is 0 Å². The summed E-state index contributed by atoms with van der Waals surface area (Å²) < 4.78 is 5.16. The molecule has 0 aromatic heterocycles. The minimum atomic E-state index is 0.550. The highest BCUT2D eigenvalue weighted by Crippen LogP contribution is 2.26. The van der Waals surface area contributed by atoms with Gasteiger partial charge in [0.15, 0.2) is 0 Å². The Labute approximate surface area is 105 Å². The highest BCUT2D eigenvalue weighted by Gasteiger charge is 2.03. The fourth-order valence-electron chi connectivity index (χ4n) is 1.69. The molecule has 18 heavy (non-hydrogen) atoms. The quantitative estimate of drug-likeness (QED) is 0.802. The van der Waals surface area contributed by atoms with E-state index in [0.29, 0.717) is 16.9 Å². The summed E-state index contributed by atoms with van der Waals surface area (Å²) in [6, 6.07) is 16.7. The molecule has 0 atom stereocenters. The smallest absolute Gasteiger partial charge is 0.120 e. The van der Waals surface area contributed by atoms with Gasteiger partial charge in [0.1, 0.15) is 5.75 Å². The number of ether oxygens (including phenoxy) is 1. The second kappa shape index (κ2) is 5.03. The van der Waals surface area contributed by atoms with Crippen molar-refractivity contribution in [3.63, 3.8) is 0 Å². The molecule has 0 saturated carbocycles. The number of hydrogen-bond acceptors (Lipinski definition) is 3. The van der Waals surface area contributed by atoms with Gasteiger partial charge >= 0.3 is 0 Å². The molecule has 2 aromatic carbocycles. The standard InChI is InChI=1S/C15H10N2O/c1-18-15-7-12(10-17)6-14(8-15)13-4-2-11(9-16)3-5-13/h2-8H,1H3. The Hall–Kier alpha value is -2.78. The summed E-state index contributed by atoms with van der Waals surface area (Å²) in [6.07, 6.45) is 0. The minimum Gasteiger partial charge on any atom is -0.497 e. The number of hydrogen-bond donors (Lipinski definition) is 0. The first-order chi connectivity index (χ1) is 8.76. The number of benzene rings is 2. The monoisotopic (exact) mass is 234 g/mol. The molecule has 2 rings (SSSR count). The Bertz CT molecular complexity index is 646. The third-order valence-electron chi connectivity index (χ3n) is 2.62. The summed E-state index contributed by atoms with van der Waals surface area (Å²) >= 11 is 0. The van der Waals surface area contributed by atoms with Gasteiger partial charge in [-0.3, -0.25) is 0 Å². The molecule has 0 spiro atoms. The summed E-state index contributed by atoms with van der Waals surface area (Å²) in [4.78, 5) is 0. The van der Waals surface area contributed by atoms with Crippen LogP contribution in [0.3, 0.4) is 0 Å². The molecule has 0 bridgehead atoms. The van der Waals surface area contributed by atoms with E-state index in [1.165, 1.54) is 0 Å². The largest absolute Gasteiger partial charge is 0.497 e. The van der Waals surface area contributed by atoms with E-state index in [1.54, 1.807) is 31.4 Å². The van der Waals surface area contributed by atoms with Crippen LogP contribution in [0.4, 0.5) is 0 Å². The van der Waals surface area contributed by atoms with Crippen LogP contribution in [0.1, 0.15) is 11.1 Å². The van der Waals surface area contributed by atoms with Crippen molar-refractivity contribution in [3.8, 4) is 29.0 Å². The Kier molecular flexibility index (Phi) is 3.27. The lowest BCUT2D eigenvalue weighted by atomic mass is 10.0. The molecule has 0 N–H and O–H groups in total. The molecular weight excluding hydrogens is 224 g/mol. The van der Waals surface area contributed by atoms with Crippen LogP contribution in [0.5, 0.6) is 5.75 Å². The summed E-state index contributed by atoms with van der Waals surface area (Å²) in [6.45, 7) is 0. The van der Waals surface area contributed by atoms with Gasteiger partial charge in [0.2, 0.25) is 0 Å². The topological polar surface area (TPSA) is 56.8 Å². The summed E-state index contributed by atoms with van der Waals surface area (Å²) in [5.41, 5.74) is 3.01. The van der Waals surface area contributed by atoms with Crippen molar-refractivity contribution in [3.05, 3.63) is 53.6 Å². The van der Waals surface area contributed by atoms with E-state index < -0.39 is 0 Å². The van der Waals surface area contributed by atoms with Crippen LogP contribution in [0.25, 0.3) is 11.1 Å². The maximum atomic E-state index is 8.96. The lowest BCUT2D eigenvalue weighted by Crippen LogP contribution is -1.87. The second-order valence-electron chi connectivity index (χ2n) is 3.75. The van der Waals surface area contributed by atoms with Crippen molar-refractivity contribution < 1.29 is 4.74 Å². The van der Waals surface area contributed by atoms with E-state index in [1.807, 2.05) is 18.2 Å². The molecule has 0 aliphatic carbocycles. The molecule has 0 heterocycles. The lowest BCUT2D eigenvalue weighted by molar-refractivity contribution is 0.415. The van der Waals surface area contributed by atoms with Gasteiger partial charge in [-0.15, -0.1) is 0 Å². The van der Waals surface area contributed by atoms with Crippen LogP contribution in [0.15, 0.2) is 42.5 Å². The molecule has 0 radical (unpaired) electrons. The number of nitrogens with zero attached hydrogens (tertiary/aromatic N) is 2. The van der Waals surface area contributed by atoms with Crippen LogP contribution >= 0.6 is 0 Å². The summed E-state index contributed by atoms with van der Waals surface area (Å²) in [7, 11) is 1.57. The second-order valence-corrected chi connectivity index (χ2v) is 3.75. The van der Waals surface area contributed by atoms with Crippen molar-refractivity contribution in [1.29, 1.82) is 10.5 Å². The molecular formula is C15H10N2O. The zero-order valence-electron chi connectivity index (χ0n) is 9.84. The van der Waals surface area contributed by atoms with Gasteiger partial charge in [-0.1, -0.05) is 12.1 Å². The van der Waals surface area contributed by atoms with Crippen molar-refractivity contribution in [2.75, 3.05) is 7.11 Å². The summed E-state index contributed by atoms with van der Waals surface area (Å²) in [5.74, 6) is 0.647. The number of nitriles is 2. The predicted octanol–water partition coefficient (Wildman–Crippen LogP) is 3.11. The zero-order valence-corrected chi connectivity index (χ0v) is 9.84. The van der Waals surface area contributed by atoms with Gasteiger partial charge in [-0.25, -0.2) is 0 Å². The van der Waals surface area contributed by atoms with Gasteiger partial charge < -0.3 is 4.74 Å². The van der Waals surface area contributed by atoms with E-state index >= 15 is 0 Å². The van der Waals surface area contributed by atoms with Gasteiger partial charge in [-0.2, -0.15) is 10.5 Å². The first-order valence-electron chi connectivity index (χ1n) is 5.36. The van der Waals surface area contributed by atoms with Crippen molar-refractivity contribution in [2.45, 2.75) is 0 Å². The Morgan fingerprint density at radius 3 is 2.06 bits per heavy atom. The highest BCUT2D eigenvalue weighted by molar-refractivity contribution is 5.68. The zero-order chi connectivity index (χ0) is 13.0. The third kappa shape index (κ3) is 2.31. The molecule has 0 unspecified atom stereocenters. The molecule has 2 aromatic rings. The first-order valence-corrected chi connectivity index (χ1v) is 5.36. The van der Waals surface area contributed by atoms with Crippen LogP contribution in [0, 0.1) is 22.7 Å². The Balaban J connectivity index is 2.50. The predicted molar refractivity (Wildman–Crippen MR) is 67.9 cm³/mol. The van der Waals surface area contributed by atoms with E-state index in [0.717, 1.165) is 11.1 Å². The maximum absolute atomic E-state index is 8.96. The molecule has 0 amide bonds. The highest BCUT2D eigenvalue weighted by atomic mass is 16.5. The van der Waals surface area contributed by atoms with Crippen LogP contribution in [-0.4, -0.2) is 7.11 Å².